The Kier molecular flexibility index (Phi) is 10.5. The highest BCUT2D eigenvalue weighted by molar-refractivity contribution is 5.90. The van der Waals surface area contributed by atoms with E-state index in [0.29, 0.717) is 6.42 Å². The Morgan fingerprint density at radius 3 is 2.23 bits per heavy atom. The van der Waals surface area contributed by atoms with Gasteiger partial charge < -0.3 is 30.6 Å². The molecule has 0 saturated heterocycles. The Morgan fingerprint density at radius 2 is 1.70 bits per heavy atom. The number of benzene rings is 1. The van der Waals surface area contributed by atoms with Crippen LogP contribution in [0.1, 0.15) is 39.2 Å². The average molecular weight is 421 g/mol. The quantitative estimate of drug-likeness (QED) is 0.360. The number of hydrogen-bond donors (Lipinski definition) is 4. The SMILES string of the molecule is CNC(Cc1ccc(O)cc1)C(=O)NCC(=O)NC(CCC(C)=O)C(=O)OC(C)C. The third-order valence-electron chi connectivity index (χ3n) is 4.22. The summed E-state index contributed by atoms with van der Waals surface area (Å²) in [6.45, 7) is 4.46. The maximum atomic E-state index is 12.4. The number of phenolic OH excluding ortho intramolecular Hbond substituents is 1. The number of amides is 2. The molecule has 0 bridgehead atoms. The van der Waals surface area contributed by atoms with Crippen molar-refractivity contribution < 1.29 is 29.0 Å². The Labute approximate surface area is 176 Å². The van der Waals surface area contributed by atoms with Crippen LogP contribution in [0.4, 0.5) is 0 Å². The summed E-state index contributed by atoms with van der Waals surface area (Å²) >= 11 is 0. The zero-order valence-corrected chi connectivity index (χ0v) is 17.9. The zero-order valence-electron chi connectivity index (χ0n) is 17.9. The molecule has 0 heterocycles. The standard InChI is InChI=1S/C21H31N3O6/c1-13(2)30-21(29)17(10-5-14(3)25)24-19(27)12-23-20(28)18(22-4)11-15-6-8-16(26)9-7-15/h6-9,13,17-18,22,26H,5,10-12H2,1-4H3,(H,23,28)(H,24,27). The number of ether oxygens (including phenoxy) is 1. The predicted octanol–water partition coefficient (Wildman–Crippen LogP) is 0.445. The second-order valence-corrected chi connectivity index (χ2v) is 7.28. The Balaban J connectivity index is 2.60. The second kappa shape index (κ2) is 12.6. The molecule has 2 amide bonds. The molecular formula is C21H31N3O6. The van der Waals surface area contributed by atoms with Crippen LogP contribution in [0.2, 0.25) is 0 Å². The van der Waals surface area contributed by atoms with E-state index in [0.717, 1.165) is 5.56 Å². The normalized spacial score (nSPS) is 12.7. The van der Waals surface area contributed by atoms with Crippen LogP contribution in [0.5, 0.6) is 5.75 Å². The lowest BCUT2D eigenvalue weighted by Crippen LogP contribution is -2.50. The first kappa shape index (κ1) is 25.1. The average Bonchev–Trinajstić information content (AvgIpc) is 2.68. The number of aromatic hydroxyl groups is 1. The van der Waals surface area contributed by atoms with Gasteiger partial charge in [-0.05, 0) is 58.4 Å². The summed E-state index contributed by atoms with van der Waals surface area (Å²) in [7, 11) is 1.63. The Morgan fingerprint density at radius 1 is 1.07 bits per heavy atom. The van der Waals surface area contributed by atoms with E-state index < -0.39 is 24.0 Å². The first-order valence-electron chi connectivity index (χ1n) is 9.84. The van der Waals surface area contributed by atoms with Gasteiger partial charge in [0.05, 0.1) is 18.7 Å². The maximum Gasteiger partial charge on any atom is 0.328 e. The summed E-state index contributed by atoms with van der Waals surface area (Å²) in [5.41, 5.74) is 0.840. The van der Waals surface area contributed by atoms with Crippen molar-refractivity contribution in [1.29, 1.82) is 0 Å². The fourth-order valence-corrected chi connectivity index (χ4v) is 2.64. The molecule has 0 saturated carbocycles. The monoisotopic (exact) mass is 421 g/mol. The van der Waals surface area contributed by atoms with Crippen molar-refractivity contribution in [3.8, 4) is 5.75 Å². The van der Waals surface area contributed by atoms with Crippen LogP contribution in [0.25, 0.3) is 0 Å². The lowest BCUT2D eigenvalue weighted by atomic mass is 10.1. The third-order valence-corrected chi connectivity index (χ3v) is 4.22. The topological polar surface area (TPSA) is 134 Å². The number of hydrogen-bond acceptors (Lipinski definition) is 7. The fraction of sp³-hybridized carbons (Fsp3) is 0.524. The third kappa shape index (κ3) is 9.51. The Hall–Kier alpha value is -2.94. The summed E-state index contributed by atoms with van der Waals surface area (Å²) in [4.78, 5) is 48.0. The van der Waals surface area contributed by atoms with Gasteiger partial charge in [0.2, 0.25) is 11.8 Å². The maximum absolute atomic E-state index is 12.4. The molecule has 0 radical (unpaired) electrons. The van der Waals surface area contributed by atoms with Crippen LogP contribution in [0, 0.1) is 0 Å². The first-order chi connectivity index (χ1) is 14.1. The number of rotatable bonds is 12. The molecule has 2 atom stereocenters. The smallest absolute Gasteiger partial charge is 0.328 e. The molecule has 0 aliphatic rings. The molecule has 1 aromatic rings. The van der Waals surface area contributed by atoms with Crippen molar-refractivity contribution in [1.82, 2.24) is 16.0 Å². The van der Waals surface area contributed by atoms with E-state index in [-0.39, 0.29) is 42.9 Å². The molecule has 1 aromatic carbocycles. The predicted molar refractivity (Wildman–Crippen MR) is 111 cm³/mol. The van der Waals surface area contributed by atoms with Gasteiger partial charge in [0.15, 0.2) is 0 Å². The lowest BCUT2D eigenvalue weighted by Gasteiger charge is -2.20. The van der Waals surface area contributed by atoms with Crippen LogP contribution in [-0.4, -0.2) is 60.5 Å². The molecule has 0 aliphatic carbocycles. The highest BCUT2D eigenvalue weighted by atomic mass is 16.5. The Bertz CT molecular complexity index is 733. The molecule has 4 N–H and O–H groups in total. The number of phenols is 1. The van der Waals surface area contributed by atoms with Crippen molar-refractivity contribution in [3.05, 3.63) is 29.8 Å². The van der Waals surface area contributed by atoms with Crippen molar-refractivity contribution in [3.63, 3.8) is 0 Å². The number of likely N-dealkylation sites (N-methyl/N-ethyl adjacent to an activating group) is 1. The van der Waals surface area contributed by atoms with Crippen LogP contribution in [0.3, 0.4) is 0 Å². The van der Waals surface area contributed by atoms with E-state index in [9.17, 15) is 24.3 Å². The number of carbonyl (C=O) groups excluding carboxylic acids is 4. The molecule has 0 fully saturated rings. The van der Waals surface area contributed by atoms with E-state index in [1.165, 1.54) is 19.1 Å². The van der Waals surface area contributed by atoms with Gasteiger partial charge in [-0.15, -0.1) is 0 Å². The van der Waals surface area contributed by atoms with Gasteiger partial charge in [-0.25, -0.2) is 4.79 Å². The molecule has 0 spiro atoms. The van der Waals surface area contributed by atoms with Gasteiger partial charge in [-0.2, -0.15) is 0 Å². The molecule has 1 rings (SSSR count). The van der Waals surface area contributed by atoms with Crippen LogP contribution >= 0.6 is 0 Å². The first-order valence-corrected chi connectivity index (χ1v) is 9.84. The molecule has 0 aliphatic heterocycles. The zero-order chi connectivity index (χ0) is 22.7. The second-order valence-electron chi connectivity index (χ2n) is 7.28. The van der Waals surface area contributed by atoms with E-state index >= 15 is 0 Å². The van der Waals surface area contributed by atoms with E-state index in [2.05, 4.69) is 16.0 Å². The van der Waals surface area contributed by atoms with Gasteiger partial charge in [0.25, 0.3) is 0 Å². The van der Waals surface area contributed by atoms with Crippen LogP contribution in [0.15, 0.2) is 24.3 Å². The molecule has 0 aromatic heterocycles. The van der Waals surface area contributed by atoms with Gasteiger partial charge in [0.1, 0.15) is 17.6 Å². The fourth-order valence-electron chi connectivity index (χ4n) is 2.64. The van der Waals surface area contributed by atoms with Crippen molar-refractivity contribution in [2.24, 2.45) is 0 Å². The summed E-state index contributed by atoms with van der Waals surface area (Å²) in [5.74, 6) is -1.53. The molecule has 30 heavy (non-hydrogen) atoms. The summed E-state index contributed by atoms with van der Waals surface area (Å²) in [6, 6.07) is 4.94. The van der Waals surface area contributed by atoms with Crippen molar-refractivity contribution >= 4 is 23.6 Å². The van der Waals surface area contributed by atoms with Gasteiger partial charge in [-0.1, -0.05) is 12.1 Å². The van der Waals surface area contributed by atoms with Crippen LogP contribution in [-0.2, 0) is 30.3 Å². The number of Topliss-reactive ketones (excluding diaryl/α,β-unsaturated/α-hetero) is 1. The molecule has 2 unspecified atom stereocenters. The van der Waals surface area contributed by atoms with Crippen molar-refractivity contribution in [2.45, 2.75) is 58.2 Å². The molecule has 9 heteroatoms. The van der Waals surface area contributed by atoms with E-state index in [1.54, 1.807) is 33.0 Å². The van der Waals surface area contributed by atoms with Crippen LogP contribution < -0.4 is 16.0 Å². The number of nitrogens with one attached hydrogen (secondary N) is 3. The highest BCUT2D eigenvalue weighted by Crippen LogP contribution is 2.11. The largest absolute Gasteiger partial charge is 0.508 e. The minimum absolute atomic E-state index is 0.106. The summed E-state index contributed by atoms with van der Waals surface area (Å²) in [6.07, 6.45) is 0.260. The number of esters is 1. The van der Waals surface area contributed by atoms with Gasteiger partial charge >= 0.3 is 5.97 Å². The number of carbonyl (C=O) groups is 4. The van der Waals surface area contributed by atoms with E-state index in [4.69, 9.17) is 4.74 Å². The van der Waals surface area contributed by atoms with Crippen molar-refractivity contribution in [2.75, 3.05) is 13.6 Å². The molecule has 9 nitrogen and oxygen atoms in total. The minimum Gasteiger partial charge on any atom is -0.508 e. The minimum atomic E-state index is -0.960. The molecular weight excluding hydrogens is 390 g/mol. The number of ketones is 1. The summed E-state index contributed by atoms with van der Waals surface area (Å²) < 4.78 is 5.12. The molecule has 166 valence electrons. The van der Waals surface area contributed by atoms with Gasteiger partial charge in [-0.3, -0.25) is 9.59 Å². The highest BCUT2D eigenvalue weighted by Gasteiger charge is 2.24. The summed E-state index contributed by atoms with van der Waals surface area (Å²) in [5, 5.41) is 17.3. The van der Waals surface area contributed by atoms with E-state index in [1.807, 2.05) is 0 Å². The lowest BCUT2D eigenvalue weighted by molar-refractivity contribution is -0.151. The van der Waals surface area contributed by atoms with Gasteiger partial charge in [0, 0.05) is 6.42 Å².